The van der Waals surface area contributed by atoms with Gasteiger partial charge in [0.1, 0.15) is 12.4 Å². The monoisotopic (exact) mass is 307 g/mol. The number of rotatable bonds is 2. The van der Waals surface area contributed by atoms with Crippen molar-refractivity contribution in [3.05, 3.63) is 53.3 Å². The lowest BCUT2D eigenvalue weighted by molar-refractivity contribution is -0.125. The van der Waals surface area contributed by atoms with Crippen molar-refractivity contribution in [3.63, 3.8) is 0 Å². The second-order valence-electron chi connectivity index (χ2n) is 4.48. The third kappa shape index (κ3) is 2.92. The molecule has 4 nitrogen and oxygen atoms in total. The van der Waals surface area contributed by atoms with Gasteiger partial charge in [-0.25, -0.2) is 4.39 Å². The first-order valence-electron chi connectivity index (χ1n) is 6.28. The van der Waals surface area contributed by atoms with Crippen LogP contribution in [0.3, 0.4) is 0 Å². The van der Waals surface area contributed by atoms with E-state index < -0.39 is 17.8 Å². The molecule has 0 aromatic heterocycles. The Balaban J connectivity index is 1.72. The molecule has 1 heterocycles. The van der Waals surface area contributed by atoms with Gasteiger partial charge in [-0.3, -0.25) is 4.79 Å². The zero-order valence-electron chi connectivity index (χ0n) is 10.8. The molecular weight excluding hydrogens is 297 g/mol. The van der Waals surface area contributed by atoms with Gasteiger partial charge < -0.3 is 14.8 Å². The van der Waals surface area contributed by atoms with Gasteiger partial charge in [-0.05, 0) is 30.3 Å². The van der Waals surface area contributed by atoms with Crippen molar-refractivity contribution in [1.29, 1.82) is 0 Å². The first-order valence-corrected chi connectivity index (χ1v) is 6.65. The number of hydrogen-bond acceptors (Lipinski definition) is 3. The number of anilines is 1. The van der Waals surface area contributed by atoms with E-state index in [0.29, 0.717) is 11.5 Å². The Labute approximate surface area is 125 Å². The van der Waals surface area contributed by atoms with Crippen LogP contribution in [0.1, 0.15) is 0 Å². The molecule has 0 bridgehead atoms. The molecule has 0 unspecified atom stereocenters. The molecule has 1 N–H and O–H groups in total. The maximum atomic E-state index is 13.6. The van der Waals surface area contributed by atoms with Crippen LogP contribution in [0, 0.1) is 5.82 Å². The van der Waals surface area contributed by atoms with Crippen LogP contribution in [-0.4, -0.2) is 18.6 Å². The summed E-state index contributed by atoms with van der Waals surface area (Å²) in [5, 5.41) is 2.72. The predicted octanol–water partition coefficient (Wildman–Crippen LogP) is 3.26. The predicted molar refractivity (Wildman–Crippen MR) is 76.4 cm³/mol. The Kier molecular flexibility index (Phi) is 3.66. The van der Waals surface area contributed by atoms with Gasteiger partial charge in [0.25, 0.3) is 5.91 Å². The van der Waals surface area contributed by atoms with E-state index in [1.54, 1.807) is 18.2 Å². The maximum Gasteiger partial charge on any atom is 0.269 e. The summed E-state index contributed by atoms with van der Waals surface area (Å²) in [6.07, 6.45) is -0.838. The molecule has 0 saturated carbocycles. The first kappa shape index (κ1) is 13.7. The minimum Gasteiger partial charge on any atom is -0.485 e. The fourth-order valence-corrected chi connectivity index (χ4v) is 2.11. The Morgan fingerprint density at radius 3 is 2.76 bits per heavy atom. The highest BCUT2D eigenvalue weighted by molar-refractivity contribution is 6.30. The van der Waals surface area contributed by atoms with Crippen LogP contribution in [0.4, 0.5) is 10.1 Å². The van der Waals surface area contributed by atoms with Crippen LogP contribution >= 0.6 is 11.6 Å². The number of benzene rings is 2. The number of fused-ring (bicyclic) bond motifs is 1. The Hall–Kier alpha value is -2.27. The topological polar surface area (TPSA) is 47.6 Å². The normalized spacial score (nSPS) is 16.4. The minimum absolute atomic E-state index is 0.0480. The zero-order valence-corrected chi connectivity index (χ0v) is 11.6. The zero-order chi connectivity index (χ0) is 14.8. The van der Waals surface area contributed by atoms with E-state index in [1.165, 1.54) is 12.1 Å². The molecule has 0 radical (unpaired) electrons. The molecule has 0 saturated heterocycles. The largest absolute Gasteiger partial charge is 0.485 e. The lowest BCUT2D eigenvalue weighted by Crippen LogP contribution is -2.40. The number of carbonyl (C=O) groups excluding carboxylic acids is 1. The summed E-state index contributed by atoms with van der Waals surface area (Å²) in [6, 6.07) is 11.1. The molecule has 0 fully saturated rings. The van der Waals surface area contributed by atoms with Gasteiger partial charge in [0.2, 0.25) is 6.10 Å². The van der Waals surface area contributed by atoms with Gasteiger partial charge in [0.15, 0.2) is 11.5 Å². The summed E-state index contributed by atoms with van der Waals surface area (Å²) in [4.78, 5) is 12.1. The molecule has 21 heavy (non-hydrogen) atoms. The number of ether oxygens (including phenoxy) is 2. The molecular formula is C15H11ClFNO3. The third-order valence-electron chi connectivity index (χ3n) is 2.99. The Bertz CT molecular complexity index is 692. The summed E-state index contributed by atoms with van der Waals surface area (Å²) >= 11 is 5.66. The Morgan fingerprint density at radius 1 is 1.24 bits per heavy atom. The smallest absolute Gasteiger partial charge is 0.269 e. The number of hydrogen-bond donors (Lipinski definition) is 1. The van der Waals surface area contributed by atoms with E-state index in [0.717, 1.165) is 6.07 Å². The number of para-hydroxylation sites is 2. The van der Waals surface area contributed by atoms with Gasteiger partial charge in [-0.2, -0.15) is 0 Å². The summed E-state index contributed by atoms with van der Waals surface area (Å²) in [6.45, 7) is 0.0675. The molecule has 6 heteroatoms. The fraction of sp³-hybridized carbons (Fsp3) is 0.133. The number of nitrogens with one attached hydrogen (secondary N) is 1. The van der Waals surface area contributed by atoms with Gasteiger partial charge in [-0.15, -0.1) is 0 Å². The van der Waals surface area contributed by atoms with Crippen molar-refractivity contribution in [1.82, 2.24) is 0 Å². The number of amides is 1. The molecule has 108 valence electrons. The summed E-state index contributed by atoms with van der Waals surface area (Å²) in [5.74, 6) is -0.0154. The third-order valence-corrected chi connectivity index (χ3v) is 3.23. The van der Waals surface area contributed by atoms with E-state index in [9.17, 15) is 9.18 Å². The van der Waals surface area contributed by atoms with Crippen molar-refractivity contribution in [3.8, 4) is 11.5 Å². The Morgan fingerprint density at radius 2 is 2.00 bits per heavy atom. The van der Waals surface area contributed by atoms with Crippen molar-refractivity contribution in [2.45, 2.75) is 6.10 Å². The van der Waals surface area contributed by atoms with E-state index in [2.05, 4.69) is 5.32 Å². The van der Waals surface area contributed by atoms with Gasteiger partial charge in [-0.1, -0.05) is 23.7 Å². The van der Waals surface area contributed by atoms with Gasteiger partial charge in [0.05, 0.1) is 5.69 Å². The second kappa shape index (κ2) is 5.61. The lowest BCUT2D eigenvalue weighted by Gasteiger charge is -2.25. The average Bonchev–Trinajstić information content (AvgIpc) is 2.49. The molecule has 0 spiro atoms. The maximum absolute atomic E-state index is 13.6. The van der Waals surface area contributed by atoms with E-state index in [1.807, 2.05) is 6.07 Å². The van der Waals surface area contributed by atoms with Crippen molar-refractivity contribution in [2.24, 2.45) is 0 Å². The summed E-state index contributed by atoms with van der Waals surface area (Å²) in [7, 11) is 0. The quantitative estimate of drug-likeness (QED) is 0.926. The molecule has 1 aliphatic rings. The highest BCUT2D eigenvalue weighted by Crippen LogP contribution is 2.31. The van der Waals surface area contributed by atoms with Crippen LogP contribution in [-0.2, 0) is 4.79 Å². The van der Waals surface area contributed by atoms with Crippen LogP contribution in [0.25, 0.3) is 0 Å². The van der Waals surface area contributed by atoms with Crippen molar-refractivity contribution < 1.29 is 18.7 Å². The second-order valence-corrected chi connectivity index (χ2v) is 4.91. The highest BCUT2D eigenvalue weighted by Gasteiger charge is 2.27. The van der Waals surface area contributed by atoms with Gasteiger partial charge in [0, 0.05) is 5.02 Å². The van der Waals surface area contributed by atoms with Crippen LogP contribution in [0.15, 0.2) is 42.5 Å². The average molecular weight is 308 g/mol. The molecule has 3 rings (SSSR count). The number of halogens is 2. The molecule has 2 aromatic carbocycles. The summed E-state index contributed by atoms with van der Waals surface area (Å²) < 4.78 is 24.6. The van der Waals surface area contributed by atoms with Crippen LogP contribution in [0.2, 0.25) is 5.02 Å². The molecule has 0 aliphatic carbocycles. The number of carbonyl (C=O) groups is 1. The first-order chi connectivity index (χ1) is 10.1. The molecule has 1 amide bonds. The van der Waals surface area contributed by atoms with E-state index in [4.69, 9.17) is 21.1 Å². The van der Waals surface area contributed by atoms with Gasteiger partial charge >= 0.3 is 0 Å². The fourth-order valence-electron chi connectivity index (χ4n) is 1.95. The SMILES string of the molecule is O=C(Nc1ccc(Cl)cc1F)[C@H]1COc2ccccc2O1. The van der Waals surface area contributed by atoms with Crippen molar-refractivity contribution in [2.75, 3.05) is 11.9 Å². The molecule has 1 aliphatic heterocycles. The van der Waals surface area contributed by atoms with Crippen LogP contribution < -0.4 is 14.8 Å². The highest BCUT2D eigenvalue weighted by atomic mass is 35.5. The van der Waals surface area contributed by atoms with Crippen molar-refractivity contribution >= 4 is 23.2 Å². The van der Waals surface area contributed by atoms with E-state index in [-0.39, 0.29) is 17.3 Å². The molecule has 1 atom stereocenters. The molecule has 2 aromatic rings. The standard InChI is InChI=1S/C15H11ClFNO3/c16-9-5-6-11(10(17)7-9)18-15(19)14-8-20-12-3-1-2-4-13(12)21-14/h1-7,14H,8H2,(H,18,19)/t14-/m1/s1. The minimum atomic E-state index is -0.838. The lowest BCUT2D eigenvalue weighted by atomic mass is 10.2. The van der Waals surface area contributed by atoms with Crippen LogP contribution in [0.5, 0.6) is 11.5 Å². The van der Waals surface area contributed by atoms with E-state index >= 15 is 0 Å². The summed E-state index contributed by atoms with van der Waals surface area (Å²) in [5.41, 5.74) is 0.0480.